The third kappa shape index (κ3) is 3.47. The van der Waals surface area contributed by atoms with Crippen LogP contribution in [0.3, 0.4) is 0 Å². The maximum absolute atomic E-state index is 11.4. The Morgan fingerprint density at radius 1 is 1.50 bits per heavy atom. The molecule has 0 aliphatic heterocycles. The number of nitrogens with zero attached hydrogens (tertiary/aromatic N) is 4. The number of hydrogen-bond acceptors (Lipinski definition) is 7. The van der Waals surface area contributed by atoms with E-state index in [-0.39, 0.29) is 11.7 Å². The van der Waals surface area contributed by atoms with Gasteiger partial charge < -0.3 is 10.6 Å². The number of nitrogens with two attached hydrogens (primary N) is 1. The number of hydrogen-bond donors (Lipinski definition) is 1. The molecule has 0 saturated heterocycles. The molecule has 0 bridgehead atoms. The van der Waals surface area contributed by atoms with Crippen LogP contribution >= 0.6 is 11.8 Å². The monoisotopic (exact) mass is 293 g/mol. The maximum Gasteiger partial charge on any atom is 0.316 e. The lowest BCUT2D eigenvalue weighted by molar-refractivity contribution is -0.140. The number of pyridine rings is 1. The molecule has 8 heteroatoms. The Balaban J connectivity index is 2.01. The number of aromatic nitrogens is 4. The van der Waals surface area contributed by atoms with E-state index in [1.165, 1.54) is 16.4 Å². The van der Waals surface area contributed by atoms with Crippen LogP contribution in [-0.2, 0) is 9.53 Å². The molecule has 20 heavy (non-hydrogen) atoms. The fraction of sp³-hybridized carbons (Fsp3) is 0.333. The van der Waals surface area contributed by atoms with Crippen molar-refractivity contribution in [2.75, 3.05) is 18.2 Å². The first-order chi connectivity index (χ1) is 9.72. The molecule has 2 aromatic heterocycles. The number of thioether (sulfide) groups is 1. The van der Waals surface area contributed by atoms with Crippen LogP contribution in [0.5, 0.6) is 0 Å². The Hall–Kier alpha value is -2.09. The average Bonchev–Trinajstić information content (AvgIpc) is 2.85. The summed E-state index contributed by atoms with van der Waals surface area (Å²) in [5.41, 5.74) is 0.767. The van der Waals surface area contributed by atoms with Crippen molar-refractivity contribution < 1.29 is 9.53 Å². The van der Waals surface area contributed by atoms with Gasteiger partial charge in [-0.3, -0.25) is 9.78 Å². The van der Waals surface area contributed by atoms with Crippen molar-refractivity contribution in [3.63, 3.8) is 0 Å². The highest BCUT2D eigenvalue weighted by molar-refractivity contribution is 7.99. The molecule has 0 aromatic carbocycles. The van der Waals surface area contributed by atoms with Crippen LogP contribution in [0.15, 0.2) is 29.7 Å². The zero-order chi connectivity index (χ0) is 14.4. The zero-order valence-corrected chi connectivity index (χ0v) is 11.8. The fourth-order valence-corrected chi connectivity index (χ4v) is 2.10. The molecule has 2 rings (SSSR count). The SMILES string of the molecule is CCCOC(=O)CSc1nnc(-c2cccnc2)n1N. The minimum absolute atomic E-state index is 0.155. The van der Waals surface area contributed by atoms with Crippen molar-refractivity contribution in [1.29, 1.82) is 0 Å². The van der Waals surface area contributed by atoms with Crippen LogP contribution in [0, 0.1) is 0 Å². The van der Waals surface area contributed by atoms with E-state index >= 15 is 0 Å². The topological polar surface area (TPSA) is 95.9 Å². The molecular formula is C12H15N5O2S. The number of carbonyl (C=O) groups excluding carboxylic acids is 1. The molecule has 0 radical (unpaired) electrons. The molecule has 2 N–H and O–H groups in total. The molecule has 0 atom stereocenters. The van der Waals surface area contributed by atoms with E-state index in [2.05, 4.69) is 15.2 Å². The lowest BCUT2D eigenvalue weighted by atomic mass is 10.3. The van der Waals surface area contributed by atoms with Gasteiger partial charge in [-0.1, -0.05) is 18.7 Å². The van der Waals surface area contributed by atoms with E-state index in [0.29, 0.717) is 17.6 Å². The molecule has 2 aromatic rings. The molecule has 106 valence electrons. The smallest absolute Gasteiger partial charge is 0.316 e. The second kappa shape index (κ2) is 6.90. The van der Waals surface area contributed by atoms with Gasteiger partial charge in [0.2, 0.25) is 5.16 Å². The molecule has 0 unspecified atom stereocenters. The quantitative estimate of drug-likeness (QED) is 0.484. The van der Waals surface area contributed by atoms with Crippen molar-refractivity contribution >= 4 is 17.7 Å². The van der Waals surface area contributed by atoms with Gasteiger partial charge in [0.25, 0.3) is 0 Å². The van der Waals surface area contributed by atoms with E-state index in [1.54, 1.807) is 18.5 Å². The van der Waals surface area contributed by atoms with Crippen LogP contribution in [0.2, 0.25) is 0 Å². The van der Waals surface area contributed by atoms with Gasteiger partial charge in [0.1, 0.15) is 0 Å². The number of carbonyl (C=O) groups is 1. The summed E-state index contributed by atoms with van der Waals surface area (Å²) < 4.78 is 6.32. The van der Waals surface area contributed by atoms with E-state index in [0.717, 1.165) is 12.0 Å². The molecular weight excluding hydrogens is 278 g/mol. The predicted octanol–water partition coefficient (Wildman–Crippen LogP) is 1.10. The van der Waals surface area contributed by atoms with Crippen molar-refractivity contribution in [3.8, 4) is 11.4 Å². The van der Waals surface area contributed by atoms with E-state index in [9.17, 15) is 4.79 Å². The van der Waals surface area contributed by atoms with E-state index in [1.807, 2.05) is 13.0 Å². The van der Waals surface area contributed by atoms with Crippen molar-refractivity contribution in [1.82, 2.24) is 19.9 Å². The number of esters is 1. The van der Waals surface area contributed by atoms with Crippen molar-refractivity contribution in [2.24, 2.45) is 0 Å². The summed E-state index contributed by atoms with van der Waals surface area (Å²) in [6.45, 7) is 2.37. The Morgan fingerprint density at radius 2 is 2.35 bits per heavy atom. The first-order valence-electron chi connectivity index (χ1n) is 6.11. The summed E-state index contributed by atoms with van der Waals surface area (Å²) in [6, 6.07) is 3.63. The largest absolute Gasteiger partial charge is 0.465 e. The van der Waals surface area contributed by atoms with Crippen LogP contribution in [0.4, 0.5) is 0 Å². The normalized spacial score (nSPS) is 10.4. The van der Waals surface area contributed by atoms with E-state index < -0.39 is 0 Å². The van der Waals surface area contributed by atoms with Crippen molar-refractivity contribution in [2.45, 2.75) is 18.5 Å². The van der Waals surface area contributed by atoms with Gasteiger partial charge in [-0.2, -0.15) is 0 Å². The summed E-state index contributed by atoms with van der Waals surface area (Å²) in [6.07, 6.45) is 4.12. The number of ether oxygens (including phenoxy) is 1. The maximum atomic E-state index is 11.4. The van der Waals surface area contributed by atoms with Gasteiger partial charge in [0, 0.05) is 18.0 Å². The highest BCUT2D eigenvalue weighted by Crippen LogP contribution is 2.20. The zero-order valence-electron chi connectivity index (χ0n) is 11.0. The van der Waals surface area contributed by atoms with Gasteiger partial charge in [0.15, 0.2) is 5.82 Å². The lowest BCUT2D eigenvalue weighted by Gasteiger charge is -2.04. The fourth-order valence-electron chi connectivity index (χ4n) is 1.45. The molecule has 0 amide bonds. The van der Waals surface area contributed by atoms with Gasteiger partial charge in [-0.05, 0) is 18.6 Å². The third-order valence-corrected chi connectivity index (χ3v) is 3.29. The predicted molar refractivity (Wildman–Crippen MR) is 75.4 cm³/mol. The van der Waals surface area contributed by atoms with Crippen LogP contribution in [-0.4, -0.2) is 38.2 Å². The minimum atomic E-state index is -0.289. The van der Waals surface area contributed by atoms with Crippen molar-refractivity contribution in [3.05, 3.63) is 24.5 Å². The second-order valence-corrected chi connectivity index (χ2v) is 4.87. The third-order valence-electron chi connectivity index (χ3n) is 2.37. The van der Waals surface area contributed by atoms with Crippen LogP contribution in [0.25, 0.3) is 11.4 Å². The molecule has 0 aliphatic rings. The molecule has 7 nitrogen and oxygen atoms in total. The van der Waals surface area contributed by atoms with E-state index in [4.69, 9.17) is 10.6 Å². The Kier molecular flexibility index (Phi) is 4.94. The average molecular weight is 293 g/mol. The summed E-state index contributed by atoms with van der Waals surface area (Å²) in [4.78, 5) is 15.4. The highest BCUT2D eigenvalue weighted by Gasteiger charge is 2.14. The standard InChI is InChI=1S/C12H15N5O2S/c1-2-6-19-10(18)8-20-12-16-15-11(17(12)13)9-4-3-5-14-7-9/h3-5,7H,2,6,8,13H2,1H3. The number of rotatable bonds is 6. The summed E-state index contributed by atoms with van der Waals surface area (Å²) >= 11 is 1.19. The lowest BCUT2D eigenvalue weighted by Crippen LogP contribution is -2.13. The Morgan fingerprint density at radius 3 is 3.05 bits per heavy atom. The summed E-state index contributed by atoms with van der Waals surface area (Å²) in [5.74, 6) is 6.28. The van der Waals surface area contributed by atoms with Crippen LogP contribution in [0.1, 0.15) is 13.3 Å². The Bertz CT molecular complexity index is 572. The molecule has 0 aliphatic carbocycles. The summed E-state index contributed by atoms with van der Waals surface area (Å²) in [7, 11) is 0. The minimum Gasteiger partial charge on any atom is -0.465 e. The highest BCUT2D eigenvalue weighted by atomic mass is 32.2. The summed E-state index contributed by atoms with van der Waals surface area (Å²) in [5, 5.41) is 8.42. The second-order valence-electron chi connectivity index (χ2n) is 3.93. The first kappa shape index (κ1) is 14.3. The van der Waals surface area contributed by atoms with Gasteiger partial charge in [-0.25, -0.2) is 4.68 Å². The molecule has 2 heterocycles. The van der Waals surface area contributed by atoms with Gasteiger partial charge in [0.05, 0.1) is 12.4 Å². The van der Waals surface area contributed by atoms with Gasteiger partial charge in [-0.15, -0.1) is 10.2 Å². The van der Waals surface area contributed by atoms with Crippen LogP contribution < -0.4 is 5.84 Å². The Labute approximate surface area is 120 Å². The van der Waals surface area contributed by atoms with Gasteiger partial charge >= 0.3 is 5.97 Å². The molecule has 0 spiro atoms. The first-order valence-corrected chi connectivity index (χ1v) is 7.10. The molecule has 0 saturated carbocycles. The molecule has 0 fully saturated rings. The number of nitrogen functional groups attached to an aromatic ring is 1.